The molecule has 7 heteroatoms. The van der Waals surface area contributed by atoms with Crippen LogP contribution in [0.4, 0.5) is 10.5 Å². The number of benzene rings is 1. The van der Waals surface area contributed by atoms with Gasteiger partial charge in [0.15, 0.2) is 0 Å². The Morgan fingerprint density at radius 2 is 2.08 bits per heavy atom. The maximum Gasteiger partial charge on any atom is 0.414 e. The molecule has 4 atom stereocenters. The molecule has 1 saturated carbocycles. The molecule has 25 heavy (non-hydrogen) atoms. The Bertz CT molecular complexity index is 745. The van der Waals surface area contributed by atoms with Gasteiger partial charge in [0.2, 0.25) is 5.91 Å². The van der Waals surface area contributed by atoms with Crippen molar-refractivity contribution in [3.8, 4) is 0 Å². The average molecular weight is 340 g/mol. The number of nitrogens with zero attached hydrogens (tertiary/aromatic N) is 2. The van der Waals surface area contributed by atoms with E-state index in [1.807, 2.05) is 24.3 Å². The van der Waals surface area contributed by atoms with Crippen molar-refractivity contribution in [3.05, 3.63) is 41.2 Å². The van der Waals surface area contributed by atoms with Crippen LogP contribution in [0.2, 0.25) is 0 Å². The predicted molar refractivity (Wildman–Crippen MR) is 90.9 cm³/mol. The largest absolute Gasteiger partial charge is 0.442 e. The number of rotatable bonds is 4. The standard InChI is InChI=1S/C18H20N4O3/c1-11(23)21-7-14-10-22(17(24)25-14)13-5-3-12(4-6-13)18(19-2)15-8-20-9-16(15)18/h3-6,14-16,20H,7-10H2,1H3,(H,21,23)/t14-,15-,16+,18?/m0/s1. The monoisotopic (exact) mass is 340 g/mol. The second-order valence-electron chi connectivity index (χ2n) is 6.91. The number of nitrogens with one attached hydrogen (secondary N) is 2. The lowest BCUT2D eigenvalue weighted by molar-refractivity contribution is -0.119. The summed E-state index contributed by atoms with van der Waals surface area (Å²) in [4.78, 5) is 28.6. The number of cyclic esters (lactones) is 1. The van der Waals surface area contributed by atoms with Gasteiger partial charge < -0.3 is 20.2 Å². The van der Waals surface area contributed by atoms with Gasteiger partial charge in [-0.1, -0.05) is 0 Å². The van der Waals surface area contributed by atoms with Gasteiger partial charge in [-0.2, -0.15) is 0 Å². The van der Waals surface area contributed by atoms with Crippen LogP contribution in [0.5, 0.6) is 0 Å². The Labute approximate surface area is 146 Å². The lowest BCUT2D eigenvalue weighted by atomic mass is 10.00. The molecule has 2 heterocycles. The van der Waals surface area contributed by atoms with Gasteiger partial charge in [-0.05, 0) is 24.3 Å². The molecule has 2 saturated heterocycles. The number of ether oxygens (including phenoxy) is 1. The Morgan fingerprint density at radius 1 is 1.40 bits per heavy atom. The van der Waals surface area contributed by atoms with Crippen LogP contribution in [0.15, 0.2) is 24.3 Å². The first-order valence-corrected chi connectivity index (χ1v) is 8.48. The number of anilines is 1. The molecule has 0 aromatic heterocycles. The van der Waals surface area contributed by atoms with Crippen molar-refractivity contribution >= 4 is 17.7 Å². The summed E-state index contributed by atoms with van der Waals surface area (Å²) in [6, 6.07) is 7.68. The molecule has 3 aliphatic rings. The van der Waals surface area contributed by atoms with Crippen molar-refractivity contribution in [1.82, 2.24) is 10.6 Å². The Kier molecular flexibility index (Phi) is 3.65. The van der Waals surface area contributed by atoms with E-state index in [4.69, 9.17) is 11.3 Å². The normalized spacial score (nSPS) is 32.7. The number of amides is 2. The third kappa shape index (κ3) is 2.45. The molecule has 1 aromatic rings. The van der Waals surface area contributed by atoms with Crippen molar-refractivity contribution in [1.29, 1.82) is 0 Å². The first kappa shape index (κ1) is 15.9. The summed E-state index contributed by atoms with van der Waals surface area (Å²) in [5.74, 6) is 0.650. The van der Waals surface area contributed by atoms with Crippen molar-refractivity contribution < 1.29 is 14.3 Å². The fourth-order valence-electron chi connectivity index (χ4n) is 4.17. The first-order chi connectivity index (χ1) is 12.1. The summed E-state index contributed by atoms with van der Waals surface area (Å²) >= 11 is 0. The van der Waals surface area contributed by atoms with E-state index < -0.39 is 6.09 Å². The molecule has 4 rings (SSSR count). The van der Waals surface area contributed by atoms with E-state index in [2.05, 4.69) is 15.5 Å². The fraction of sp³-hybridized carbons (Fsp3) is 0.500. The van der Waals surface area contributed by atoms with E-state index in [9.17, 15) is 9.59 Å². The van der Waals surface area contributed by atoms with E-state index in [0.29, 0.717) is 24.9 Å². The maximum atomic E-state index is 12.1. The van der Waals surface area contributed by atoms with Gasteiger partial charge in [-0.25, -0.2) is 11.4 Å². The van der Waals surface area contributed by atoms with Gasteiger partial charge in [0.25, 0.3) is 5.54 Å². The van der Waals surface area contributed by atoms with Crippen LogP contribution < -0.4 is 15.5 Å². The summed E-state index contributed by atoms with van der Waals surface area (Å²) < 4.78 is 5.29. The zero-order chi connectivity index (χ0) is 17.6. The Hall–Kier alpha value is -2.59. The molecule has 2 N–H and O–H groups in total. The minimum atomic E-state index is -0.407. The summed E-state index contributed by atoms with van der Waals surface area (Å²) in [6.07, 6.45) is -0.755. The molecular weight excluding hydrogens is 320 g/mol. The zero-order valence-electron chi connectivity index (χ0n) is 14.0. The summed E-state index contributed by atoms with van der Waals surface area (Å²) in [7, 11) is 0. The molecule has 3 fully saturated rings. The highest BCUT2D eigenvalue weighted by Crippen LogP contribution is 2.62. The molecule has 1 unspecified atom stereocenters. The number of hydrogen-bond acceptors (Lipinski definition) is 4. The predicted octanol–water partition coefficient (Wildman–Crippen LogP) is 1.11. The average Bonchev–Trinajstić information content (AvgIpc) is 2.95. The first-order valence-electron chi connectivity index (χ1n) is 8.48. The topological polar surface area (TPSA) is 75.0 Å². The SMILES string of the molecule is [C-]#[N+]C1(c2ccc(N3C[C@H](CNC(C)=O)OC3=O)cc2)[C@@H]2CNC[C@@H]21. The number of fused-ring (bicyclic) bond motifs is 1. The molecule has 0 bridgehead atoms. The van der Waals surface area contributed by atoms with Crippen LogP contribution in [0.3, 0.4) is 0 Å². The lowest BCUT2D eigenvalue weighted by Crippen LogP contribution is -2.33. The van der Waals surface area contributed by atoms with Crippen LogP contribution in [0, 0.1) is 18.4 Å². The molecule has 2 aliphatic heterocycles. The second kappa shape index (κ2) is 5.74. The number of carbonyl (C=O) groups excluding carboxylic acids is 2. The number of piperidine rings is 1. The van der Waals surface area contributed by atoms with Crippen LogP contribution in [0.1, 0.15) is 12.5 Å². The molecule has 1 aliphatic carbocycles. The van der Waals surface area contributed by atoms with Gasteiger partial charge in [-0.15, -0.1) is 0 Å². The van der Waals surface area contributed by atoms with E-state index >= 15 is 0 Å². The maximum absolute atomic E-state index is 12.1. The van der Waals surface area contributed by atoms with E-state index in [1.54, 1.807) is 4.90 Å². The molecule has 1 aromatic carbocycles. The summed E-state index contributed by atoms with van der Waals surface area (Å²) in [5, 5.41) is 5.99. The van der Waals surface area contributed by atoms with Gasteiger partial charge in [0.1, 0.15) is 6.10 Å². The third-order valence-corrected chi connectivity index (χ3v) is 5.51. The van der Waals surface area contributed by atoms with Crippen LogP contribution >= 0.6 is 0 Å². The molecular formula is C18H20N4O3. The van der Waals surface area contributed by atoms with Crippen LogP contribution in [-0.2, 0) is 15.1 Å². The highest BCUT2D eigenvalue weighted by Gasteiger charge is 2.75. The van der Waals surface area contributed by atoms with Crippen molar-refractivity contribution in [2.75, 3.05) is 31.1 Å². The van der Waals surface area contributed by atoms with Crippen molar-refractivity contribution in [3.63, 3.8) is 0 Å². The number of hydrogen-bond donors (Lipinski definition) is 2. The Morgan fingerprint density at radius 3 is 2.68 bits per heavy atom. The highest BCUT2D eigenvalue weighted by molar-refractivity contribution is 5.89. The van der Waals surface area contributed by atoms with Crippen molar-refractivity contribution in [2.24, 2.45) is 11.8 Å². The third-order valence-electron chi connectivity index (χ3n) is 5.51. The highest BCUT2D eigenvalue weighted by atomic mass is 16.6. The van der Waals surface area contributed by atoms with Gasteiger partial charge >= 0.3 is 6.09 Å². The van der Waals surface area contributed by atoms with Crippen molar-refractivity contribution in [2.45, 2.75) is 18.6 Å². The summed E-state index contributed by atoms with van der Waals surface area (Å²) in [6.45, 7) is 11.6. The minimum absolute atomic E-state index is 0.146. The molecule has 130 valence electrons. The minimum Gasteiger partial charge on any atom is -0.442 e. The molecule has 0 spiro atoms. The van der Waals surface area contributed by atoms with E-state index in [-0.39, 0.29) is 17.6 Å². The summed E-state index contributed by atoms with van der Waals surface area (Å²) in [5.41, 5.74) is 1.40. The molecule has 0 radical (unpaired) electrons. The lowest BCUT2D eigenvalue weighted by Gasteiger charge is -2.15. The molecule has 7 nitrogen and oxygen atoms in total. The number of carbonyl (C=O) groups is 2. The second-order valence-corrected chi connectivity index (χ2v) is 6.91. The fourth-order valence-corrected chi connectivity index (χ4v) is 4.17. The van der Waals surface area contributed by atoms with Crippen LogP contribution in [0.25, 0.3) is 4.85 Å². The van der Waals surface area contributed by atoms with Gasteiger partial charge in [0.05, 0.1) is 24.9 Å². The quantitative estimate of drug-likeness (QED) is 0.805. The van der Waals surface area contributed by atoms with Crippen LogP contribution in [-0.4, -0.2) is 44.3 Å². The van der Waals surface area contributed by atoms with E-state index in [0.717, 1.165) is 24.3 Å². The zero-order valence-corrected chi connectivity index (χ0v) is 14.0. The molecule has 2 amide bonds. The smallest absolute Gasteiger partial charge is 0.414 e. The van der Waals surface area contributed by atoms with Gasteiger partial charge in [0, 0.05) is 31.3 Å². The Balaban J connectivity index is 1.47. The van der Waals surface area contributed by atoms with E-state index in [1.165, 1.54) is 6.92 Å². The van der Waals surface area contributed by atoms with Gasteiger partial charge in [-0.3, -0.25) is 9.69 Å².